The van der Waals surface area contributed by atoms with Crippen molar-refractivity contribution in [2.75, 3.05) is 5.32 Å². The van der Waals surface area contributed by atoms with Gasteiger partial charge >= 0.3 is 5.97 Å². The first-order valence-corrected chi connectivity index (χ1v) is 8.63. The number of aliphatic carboxylic acids is 1. The van der Waals surface area contributed by atoms with E-state index in [9.17, 15) is 19.5 Å². The third kappa shape index (κ3) is 5.31. The molecule has 2 atom stereocenters. The number of hydrogen-bond donors (Lipinski definition) is 3. The molecule has 1 saturated carbocycles. The van der Waals surface area contributed by atoms with E-state index in [1.165, 1.54) is 0 Å². The predicted molar refractivity (Wildman–Crippen MR) is 95.4 cm³/mol. The number of carbonyl (C=O) groups excluding carboxylic acids is 2. The number of carboxylic acids is 1. The Morgan fingerprint density at radius 3 is 2.08 bits per heavy atom. The van der Waals surface area contributed by atoms with Gasteiger partial charge in [-0.3, -0.25) is 14.4 Å². The van der Waals surface area contributed by atoms with Crippen LogP contribution in [0, 0.1) is 11.8 Å². The first-order valence-electron chi connectivity index (χ1n) is 8.63. The molecule has 1 aromatic carbocycles. The van der Waals surface area contributed by atoms with Gasteiger partial charge in [-0.05, 0) is 57.9 Å². The van der Waals surface area contributed by atoms with Crippen molar-refractivity contribution in [3.8, 4) is 0 Å². The average Bonchev–Trinajstić information content (AvgIpc) is 2.53. The Morgan fingerprint density at radius 1 is 1.00 bits per heavy atom. The van der Waals surface area contributed by atoms with Gasteiger partial charge in [0.25, 0.3) is 5.91 Å². The van der Waals surface area contributed by atoms with Crippen LogP contribution in [0.4, 0.5) is 5.69 Å². The molecule has 136 valence electrons. The Hall–Kier alpha value is -2.37. The summed E-state index contributed by atoms with van der Waals surface area (Å²) in [6.45, 7) is 5.72. The van der Waals surface area contributed by atoms with Gasteiger partial charge in [0.15, 0.2) is 0 Å². The lowest BCUT2D eigenvalue weighted by Gasteiger charge is -2.27. The number of hydrogen-bond acceptors (Lipinski definition) is 3. The number of benzene rings is 1. The van der Waals surface area contributed by atoms with Gasteiger partial charge in [-0.25, -0.2) is 0 Å². The largest absolute Gasteiger partial charge is 0.481 e. The van der Waals surface area contributed by atoms with Crippen LogP contribution in [0.2, 0.25) is 0 Å². The fourth-order valence-corrected chi connectivity index (χ4v) is 3.09. The second-order valence-electron chi connectivity index (χ2n) is 7.61. The summed E-state index contributed by atoms with van der Waals surface area (Å²) in [6.07, 6.45) is 2.85. The molecule has 6 heteroatoms. The molecule has 1 aliphatic rings. The molecule has 1 aromatic rings. The van der Waals surface area contributed by atoms with Crippen molar-refractivity contribution in [2.24, 2.45) is 11.8 Å². The zero-order valence-corrected chi connectivity index (χ0v) is 15.0. The Kier molecular flexibility index (Phi) is 5.82. The molecule has 2 unspecified atom stereocenters. The van der Waals surface area contributed by atoms with E-state index in [-0.39, 0.29) is 17.4 Å². The summed E-state index contributed by atoms with van der Waals surface area (Å²) >= 11 is 0. The van der Waals surface area contributed by atoms with E-state index in [0.717, 1.165) is 12.8 Å². The minimum Gasteiger partial charge on any atom is -0.481 e. The summed E-state index contributed by atoms with van der Waals surface area (Å²) in [4.78, 5) is 35.9. The van der Waals surface area contributed by atoms with Crippen LogP contribution >= 0.6 is 0 Å². The van der Waals surface area contributed by atoms with Crippen molar-refractivity contribution in [3.05, 3.63) is 29.8 Å². The topological polar surface area (TPSA) is 95.5 Å². The van der Waals surface area contributed by atoms with Crippen molar-refractivity contribution < 1.29 is 19.5 Å². The van der Waals surface area contributed by atoms with Crippen molar-refractivity contribution in [3.63, 3.8) is 0 Å². The molecule has 0 bridgehead atoms. The maximum Gasteiger partial charge on any atom is 0.307 e. The van der Waals surface area contributed by atoms with Crippen molar-refractivity contribution in [1.29, 1.82) is 0 Å². The molecule has 0 heterocycles. The summed E-state index contributed by atoms with van der Waals surface area (Å²) in [7, 11) is 0. The van der Waals surface area contributed by atoms with Gasteiger partial charge in [-0.15, -0.1) is 0 Å². The SMILES string of the molecule is CC(C)(C)NC(=O)c1ccc(NC(=O)C2CCCCC2C(=O)O)cc1. The number of carbonyl (C=O) groups is 3. The molecule has 3 N–H and O–H groups in total. The summed E-state index contributed by atoms with van der Waals surface area (Å²) < 4.78 is 0. The third-order valence-corrected chi connectivity index (χ3v) is 4.32. The first kappa shape index (κ1) is 19.0. The van der Waals surface area contributed by atoms with Crippen LogP contribution in [0.3, 0.4) is 0 Å². The summed E-state index contributed by atoms with van der Waals surface area (Å²) in [5, 5.41) is 14.9. The molecule has 0 saturated heterocycles. The molecule has 0 aromatic heterocycles. The maximum atomic E-state index is 12.4. The Balaban J connectivity index is 2.01. The lowest BCUT2D eigenvalue weighted by molar-refractivity contribution is -0.147. The van der Waals surface area contributed by atoms with E-state index < -0.39 is 17.8 Å². The minimum atomic E-state index is -0.908. The van der Waals surface area contributed by atoms with Crippen LogP contribution in [-0.4, -0.2) is 28.4 Å². The fourth-order valence-electron chi connectivity index (χ4n) is 3.09. The zero-order valence-electron chi connectivity index (χ0n) is 15.0. The van der Waals surface area contributed by atoms with E-state index in [1.807, 2.05) is 20.8 Å². The second kappa shape index (κ2) is 7.68. The van der Waals surface area contributed by atoms with Gasteiger partial charge < -0.3 is 15.7 Å². The number of amides is 2. The van der Waals surface area contributed by atoms with Crippen LogP contribution in [0.5, 0.6) is 0 Å². The Labute approximate surface area is 148 Å². The number of carboxylic acid groups (broad SMARTS) is 1. The van der Waals surface area contributed by atoms with Gasteiger partial charge in [0, 0.05) is 16.8 Å². The van der Waals surface area contributed by atoms with E-state index in [4.69, 9.17) is 0 Å². The zero-order chi connectivity index (χ0) is 18.6. The average molecular weight is 346 g/mol. The predicted octanol–water partition coefficient (Wildman–Crippen LogP) is 3.04. The second-order valence-corrected chi connectivity index (χ2v) is 7.61. The van der Waals surface area contributed by atoms with Crippen molar-refractivity contribution >= 4 is 23.5 Å². The van der Waals surface area contributed by atoms with Gasteiger partial charge in [0.2, 0.25) is 5.91 Å². The maximum absolute atomic E-state index is 12.4. The van der Waals surface area contributed by atoms with Gasteiger partial charge in [-0.2, -0.15) is 0 Å². The molecule has 0 aliphatic heterocycles. The third-order valence-electron chi connectivity index (χ3n) is 4.32. The molecular weight excluding hydrogens is 320 g/mol. The highest BCUT2D eigenvalue weighted by Gasteiger charge is 2.35. The minimum absolute atomic E-state index is 0.177. The van der Waals surface area contributed by atoms with Crippen molar-refractivity contribution in [2.45, 2.75) is 52.0 Å². The molecular formula is C19H26N2O4. The van der Waals surface area contributed by atoms with Gasteiger partial charge in [0.05, 0.1) is 11.8 Å². The Bertz CT molecular complexity index is 646. The standard InChI is InChI=1S/C19H26N2O4/c1-19(2,3)21-16(22)12-8-10-13(11-9-12)20-17(23)14-6-4-5-7-15(14)18(24)25/h8-11,14-15H,4-7H2,1-3H3,(H,20,23)(H,21,22)(H,24,25). The first-order chi connectivity index (χ1) is 11.7. The molecule has 2 rings (SSSR count). The summed E-state index contributed by atoms with van der Waals surface area (Å²) in [5.41, 5.74) is 0.748. The molecule has 1 fully saturated rings. The molecule has 0 spiro atoms. The molecule has 0 radical (unpaired) electrons. The lowest BCUT2D eigenvalue weighted by Crippen LogP contribution is -2.40. The smallest absolute Gasteiger partial charge is 0.307 e. The number of nitrogens with one attached hydrogen (secondary N) is 2. The van der Waals surface area contributed by atoms with Crippen LogP contribution in [0.15, 0.2) is 24.3 Å². The quantitative estimate of drug-likeness (QED) is 0.781. The van der Waals surface area contributed by atoms with E-state index >= 15 is 0 Å². The monoisotopic (exact) mass is 346 g/mol. The lowest BCUT2D eigenvalue weighted by atomic mass is 9.78. The summed E-state index contributed by atoms with van der Waals surface area (Å²) in [5.74, 6) is -2.47. The van der Waals surface area contributed by atoms with Gasteiger partial charge in [0.1, 0.15) is 0 Å². The fraction of sp³-hybridized carbons (Fsp3) is 0.526. The highest BCUT2D eigenvalue weighted by Crippen LogP contribution is 2.31. The van der Waals surface area contributed by atoms with Crippen molar-refractivity contribution in [1.82, 2.24) is 5.32 Å². The normalized spacial score (nSPS) is 20.6. The number of rotatable bonds is 4. The van der Waals surface area contributed by atoms with E-state index in [0.29, 0.717) is 24.1 Å². The summed E-state index contributed by atoms with van der Waals surface area (Å²) in [6, 6.07) is 6.61. The molecule has 25 heavy (non-hydrogen) atoms. The molecule has 2 amide bonds. The Morgan fingerprint density at radius 2 is 1.56 bits per heavy atom. The van der Waals surface area contributed by atoms with Crippen LogP contribution < -0.4 is 10.6 Å². The highest BCUT2D eigenvalue weighted by atomic mass is 16.4. The van der Waals surface area contributed by atoms with Crippen LogP contribution in [-0.2, 0) is 9.59 Å². The van der Waals surface area contributed by atoms with Crippen LogP contribution in [0.1, 0.15) is 56.8 Å². The molecule has 6 nitrogen and oxygen atoms in total. The molecule has 1 aliphatic carbocycles. The van der Waals surface area contributed by atoms with Gasteiger partial charge in [-0.1, -0.05) is 12.8 Å². The van der Waals surface area contributed by atoms with E-state index in [2.05, 4.69) is 10.6 Å². The van der Waals surface area contributed by atoms with E-state index in [1.54, 1.807) is 24.3 Å². The van der Waals surface area contributed by atoms with Crippen LogP contribution in [0.25, 0.3) is 0 Å². The highest BCUT2D eigenvalue weighted by molar-refractivity contribution is 5.97. The number of anilines is 1.